The number of nitrogens with one attached hydrogen (secondary N) is 2. The fourth-order valence-electron chi connectivity index (χ4n) is 2.79. The van der Waals surface area contributed by atoms with Gasteiger partial charge in [-0.05, 0) is 24.6 Å². The molecule has 2 N–H and O–H groups in total. The Bertz CT molecular complexity index is 708. The van der Waals surface area contributed by atoms with Crippen molar-refractivity contribution in [1.82, 2.24) is 5.32 Å². The Kier molecular flexibility index (Phi) is 6.46. The molecule has 0 aliphatic carbocycles. The summed E-state index contributed by atoms with van der Waals surface area (Å²) in [6.07, 6.45) is -0.105. The zero-order valence-corrected chi connectivity index (χ0v) is 14.8. The lowest BCUT2D eigenvalue weighted by molar-refractivity contribution is 0.0428. The molecular formula is C20H24N2O4. The second-order valence-corrected chi connectivity index (χ2v) is 6.04. The summed E-state index contributed by atoms with van der Waals surface area (Å²) in [5.74, 6) is 0.697. The van der Waals surface area contributed by atoms with Gasteiger partial charge < -0.3 is 24.8 Å². The summed E-state index contributed by atoms with van der Waals surface area (Å²) in [6.45, 7) is 3.96. The van der Waals surface area contributed by atoms with Crippen LogP contribution in [-0.2, 0) is 16.1 Å². The smallest absolute Gasteiger partial charge is 0.319 e. The van der Waals surface area contributed by atoms with Gasteiger partial charge in [0.15, 0.2) is 0 Å². The van der Waals surface area contributed by atoms with E-state index in [1.54, 1.807) is 6.07 Å². The van der Waals surface area contributed by atoms with Crippen LogP contribution in [0.1, 0.15) is 12.5 Å². The number of carbonyl (C=O) groups excluding carboxylic acids is 1. The van der Waals surface area contributed by atoms with Gasteiger partial charge in [0, 0.05) is 18.4 Å². The van der Waals surface area contributed by atoms with E-state index in [4.69, 9.17) is 14.2 Å². The standard InChI is InChI=1S/C20H24N2O4/c1-2-25-19-14-24-13-18(19)22-20(23)21-16-9-6-10-17(11-16)26-12-15-7-4-3-5-8-15/h3-11,18-19H,2,12-14H2,1H3,(H2,21,22,23). The van der Waals surface area contributed by atoms with Crippen molar-refractivity contribution in [2.75, 3.05) is 25.1 Å². The van der Waals surface area contributed by atoms with Crippen molar-refractivity contribution in [3.63, 3.8) is 0 Å². The molecule has 1 aliphatic heterocycles. The fraction of sp³-hybridized carbons (Fsp3) is 0.350. The third-order valence-electron chi connectivity index (χ3n) is 4.07. The summed E-state index contributed by atoms with van der Waals surface area (Å²) in [5.41, 5.74) is 1.76. The number of amides is 2. The summed E-state index contributed by atoms with van der Waals surface area (Å²) < 4.78 is 16.7. The Hall–Kier alpha value is -2.57. The number of carbonyl (C=O) groups is 1. The number of hydrogen-bond donors (Lipinski definition) is 2. The van der Waals surface area contributed by atoms with Crippen molar-refractivity contribution in [1.29, 1.82) is 0 Å². The summed E-state index contributed by atoms with van der Waals surface area (Å²) in [5, 5.41) is 5.73. The second kappa shape index (κ2) is 9.22. The highest BCUT2D eigenvalue weighted by Gasteiger charge is 2.30. The molecule has 0 radical (unpaired) electrons. The topological polar surface area (TPSA) is 68.8 Å². The predicted molar refractivity (Wildman–Crippen MR) is 99.4 cm³/mol. The van der Waals surface area contributed by atoms with E-state index in [1.165, 1.54) is 0 Å². The van der Waals surface area contributed by atoms with E-state index in [0.717, 1.165) is 5.56 Å². The van der Waals surface area contributed by atoms with Crippen LogP contribution in [0.25, 0.3) is 0 Å². The van der Waals surface area contributed by atoms with E-state index >= 15 is 0 Å². The molecule has 2 aromatic carbocycles. The van der Waals surface area contributed by atoms with Gasteiger partial charge in [0.1, 0.15) is 18.5 Å². The van der Waals surface area contributed by atoms with Gasteiger partial charge in [-0.15, -0.1) is 0 Å². The van der Waals surface area contributed by atoms with Crippen molar-refractivity contribution in [2.45, 2.75) is 25.7 Å². The third-order valence-corrected chi connectivity index (χ3v) is 4.07. The predicted octanol–water partition coefficient (Wildman–Crippen LogP) is 3.19. The molecule has 2 unspecified atom stereocenters. The number of benzene rings is 2. The van der Waals surface area contributed by atoms with E-state index in [-0.39, 0.29) is 18.2 Å². The quantitative estimate of drug-likeness (QED) is 0.799. The number of ether oxygens (including phenoxy) is 3. The molecule has 1 saturated heterocycles. The van der Waals surface area contributed by atoms with Crippen LogP contribution in [0.4, 0.5) is 10.5 Å². The van der Waals surface area contributed by atoms with Crippen LogP contribution in [0.3, 0.4) is 0 Å². The van der Waals surface area contributed by atoms with Gasteiger partial charge in [0.25, 0.3) is 0 Å². The van der Waals surface area contributed by atoms with E-state index in [9.17, 15) is 4.79 Å². The first-order valence-electron chi connectivity index (χ1n) is 8.78. The molecule has 6 nitrogen and oxygen atoms in total. The molecule has 0 saturated carbocycles. The molecule has 1 fully saturated rings. The minimum Gasteiger partial charge on any atom is -0.489 e. The maximum atomic E-state index is 12.2. The van der Waals surface area contributed by atoms with Crippen molar-refractivity contribution >= 4 is 11.7 Å². The van der Waals surface area contributed by atoms with Crippen LogP contribution in [0, 0.1) is 0 Å². The maximum Gasteiger partial charge on any atom is 0.319 e. The number of urea groups is 1. The monoisotopic (exact) mass is 356 g/mol. The van der Waals surface area contributed by atoms with Crippen LogP contribution in [0.15, 0.2) is 54.6 Å². The Morgan fingerprint density at radius 3 is 2.81 bits per heavy atom. The summed E-state index contributed by atoms with van der Waals surface area (Å²) >= 11 is 0. The minimum atomic E-state index is -0.287. The average molecular weight is 356 g/mol. The summed E-state index contributed by atoms with van der Waals surface area (Å²) in [4.78, 5) is 12.2. The zero-order valence-electron chi connectivity index (χ0n) is 14.8. The number of anilines is 1. The molecule has 3 rings (SSSR count). The number of hydrogen-bond acceptors (Lipinski definition) is 4. The molecular weight excluding hydrogens is 332 g/mol. The number of rotatable bonds is 7. The molecule has 138 valence electrons. The Labute approximate surface area is 153 Å². The molecule has 0 aromatic heterocycles. The molecule has 2 amide bonds. The van der Waals surface area contributed by atoms with E-state index in [2.05, 4.69) is 10.6 Å². The Balaban J connectivity index is 1.52. The first-order valence-corrected chi connectivity index (χ1v) is 8.78. The lowest BCUT2D eigenvalue weighted by atomic mass is 10.2. The van der Waals surface area contributed by atoms with Gasteiger partial charge in [0.05, 0.1) is 19.3 Å². The lowest BCUT2D eigenvalue weighted by Gasteiger charge is -2.19. The molecule has 2 aromatic rings. The average Bonchev–Trinajstić information content (AvgIpc) is 3.08. The van der Waals surface area contributed by atoms with Crippen molar-refractivity contribution in [3.8, 4) is 5.75 Å². The van der Waals surface area contributed by atoms with Gasteiger partial charge in [-0.25, -0.2) is 4.79 Å². The van der Waals surface area contributed by atoms with Gasteiger partial charge in [-0.3, -0.25) is 0 Å². The molecule has 2 atom stereocenters. The highest BCUT2D eigenvalue weighted by atomic mass is 16.5. The lowest BCUT2D eigenvalue weighted by Crippen LogP contribution is -2.45. The zero-order chi connectivity index (χ0) is 18.2. The van der Waals surface area contributed by atoms with Gasteiger partial charge in [-0.1, -0.05) is 36.4 Å². The molecule has 6 heteroatoms. The highest BCUT2D eigenvalue weighted by Crippen LogP contribution is 2.19. The van der Waals surface area contributed by atoms with E-state index < -0.39 is 0 Å². The van der Waals surface area contributed by atoms with Crippen molar-refractivity contribution in [2.24, 2.45) is 0 Å². The summed E-state index contributed by atoms with van der Waals surface area (Å²) in [7, 11) is 0. The SMILES string of the molecule is CCOC1COCC1NC(=O)Nc1cccc(OCc2ccccc2)c1. The summed E-state index contributed by atoms with van der Waals surface area (Å²) in [6, 6.07) is 16.8. The molecule has 26 heavy (non-hydrogen) atoms. The maximum absolute atomic E-state index is 12.2. The first-order chi connectivity index (χ1) is 12.7. The Morgan fingerprint density at radius 1 is 1.15 bits per heavy atom. The van der Waals surface area contributed by atoms with Crippen molar-refractivity contribution < 1.29 is 19.0 Å². The van der Waals surface area contributed by atoms with Crippen LogP contribution < -0.4 is 15.4 Å². The highest BCUT2D eigenvalue weighted by molar-refractivity contribution is 5.89. The van der Waals surface area contributed by atoms with Crippen LogP contribution in [0.2, 0.25) is 0 Å². The first kappa shape index (κ1) is 18.2. The minimum absolute atomic E-state index is 0.105. The van der Waals surface area contributed by atoms with E-state index in [1.807, 2.05) is 55.5 Å². The third kappa shape index (κ3) is 5.21. The van der Waals surface area contributed by atoms with Crippen LogP contribution in [-0.4, -0.2) is 38.0 Å². The second-order valence-electron chi connectivity index (χ2n) is 6.04. The van der Waals surface area contributed by atoms with Gasteiger partial charge >= 0.3 is 6.03 Å². The van der Waals surface area contributed by atoms with E-state index in [0.29, 0.717) is 37.9 Å². The van der Waals surface area contributed by atoms with Gasteiger partial charge in [-0.2, -0.15) is 0 Å². The normalized spacial score (nSPS) is 19.1. The van der Waals surface area contributed by atoms with Crippen LogP contribution in [0.5, 0.6) is 5.75 Å². The largest absolute Gasteiger partial charge is 0.489 e. The van der Waals surface area contributed by atoms with Gasteiger partial charge in [0.2, 0.25) is 0 Å². The molecule has 1 aliphatic rings. The molecule has 0 spiro atoms. The fourth-order valence-corrected chi connectivity index (χ4v) is 2.79. The van der Waals surface area contributed by atoms with Crippen LogP contribution >= 0.6 is 0 Å². The Morgan fingerprint density at radius 2 is 2.00 bits per heavy atom. The van der Waals surface area contributed by atoms with Crippen molar-refractivity contribution in [3.05, 3.63) is 60.2 Å². The molecule has 1 heterocycles. The molecule has 0 bridgehead atoms.